The van der Waals surface area contributed by atoms with Gasteiger partial charge >= 0.3 is 70.6 Å². The summed E-state index contributed by atoms with van der Waals surface area (Å²) in [6, 6.07) is 19.5. The number of carboxylic acid groups (broad SMARTS) is 2. The first-order valence-electron chi connectivity index (χ1n) is 45.5. The average Bonchev–Trinajstić information content (AvgIpc) is 1.62. The zero-order valence-corrected chi connectivity index (χ0v) is 81.8. The van der Waals surface area contributed by atoms with Gasteiger partial charge in [0.2, 0.25) is 0 Å². The SMILES string of the molecule is CN(C)[C@H]1CC[C@@](CCCCB(O)O)(C(=O)O)C1.CN(C)[C@H]1CN(C(=O)OC(C)(C)C)[C@@](CCCCB2OC(C)(C)C(C)(C)O2)(C(=O)O)C1.CN(C)[C@H]1CN(C(=O)OC(C)(C)C)[C@@](CCCCB2OC(C)(C)C(C)(C)O2)(C(=O)OCc2ccccc2)C1.CN(C)[C@H]1CN(C(=O)OC(C)(C)C)[C@](CCCCB2OC(C)(C)C(C)(C)O2)(C(=O)OCc2ccccc2)C1. The fraction of sp³-hybridized carbons (Fsp3) is 0.793. The summed E-state index contributed by atoms with van der Waals surface area (Å²) in [6.45, 7) is 42.3. The Hall–Kier alpha value is -6.09. The summed E-state index contributed by atoms with van der Waals surface area (Å²) in [7, 11) is 13.5. The van der Waals surface area contributed by atoms with E-state index < -0.39 is 76.2 Å². The third-order valence-corrected chi connectivity index (χ3v) is 26.9. The highest BCUT2D eigenvalue weighted by Crippen LogP contribution is 2.48. The van der Waals surface area contributed by atoms with E-state index in [2.05, 4.69) is 14.7 Å². The molecule has 4 N–H and O–H groups in total. The predicted molar refractivity (Wildman–Crippen MR) is 488 cm³/mol. The van der Waals surface area contributed by atoms with Gasteiger partial charge in [-0.25, -0.2) is 28.8 Å². The number of esters is 2. The van der Waals surface area contributed by atoms with Gasteiger partial charge in [0.15, 0.2) is 0 Å². The zero-order valence-electron chi connectivity index (χ0n) is 81.8. The molecule has 1 aliphatic carbocycles. The zero-order chi connectivity index (χ0) is 94.3. The Labute approximate surface area is 750 Å². The molecule has 0 aromatic heterocycles. The molecule has 2 aromatic rings. The lowest BCUT2D eigenvalue weighted by atomic mass is 9.78. The van der Waals surface area contributed by atoms with Crippen molar-refractivity contribution in [2.24, 2.45) is 5.41 Å². The standard InChI is InChI=1S/2C29H47BN2O6.C22H41BN2O6.C12H24BNO4/c2*1-26(2,3)36-25(34)32-20-23(31(8)9)19-29(32,24(33)35-21-22-15-11-10-12-16-22)17-13-14-18-30-37-27(4,5)28(6,7)38-30;1-19(2,3)29-18(28)25-15-16(24(8)9)14-22(25,17(26)27)12-10-11-13-23-30-20(4,5)21(6,7)31-23;1-14(2)10-5-7-12(9-10,11(15)16)6-3-4-8-13(17)18/h2*10-12,15-16,23H,13-14,17-21H2,1-9H3;16H,10-15H2,1-9H3,(H,26,27);10,17-18H,3-9H2,1-2H3,(H,15,16)/t23-,29+;23-,29-;16-,22-;10-,12+/m1110/s1. The van der Waals surface area contributed by atoms with Crippen LogP contribution in [-0.4, -0.2) is 292 Å². The summed E-state index contributed by atoms with van der Waals surface area (Å²) in [5, 5.41) is 37.2. The van der Waals surface area contributed by atoms with Gasteiger partial charge in [-0.1, -0.05) is 112 Å². The summed E-state index contributed by atoms with van der Waals surface area (Å²) in [5.41, 5.74) is -6.58. The molecule has 706 valence electrons. The minimum Gasteiger partial charge on any atom is -0.481 e. The Morgan fingerprint density at radius 2 is 0.680 bits per heavy atom. The molecule has 0 radical (unpaired) electrons. The van der Waals surface area contributed by atoms with Crippen molar-refractivity contribution in [3.63, 3.8) is 0 Å². The number of carbonyl (C=O) groups excluding carboxylic acids is 5. The van der Waals surface area contributed by atoms with Crippen LogP contribution in [-0.2, 0) is 84.0 Å². The van der Waals surface area contributed by atoms with E-state index in [0.29, 0.717) is 128 Å². The molecule has 8 atom stereocenters. The van der Waals surface area contributed by atoms with Crippen LogP contribution in [0.25, 0.3) is 0 Å². The van der Waals surface area contributed by atoms with Crippen LogP contribution in [0.2, 0.25) is 25.3 Å². The topological polar surface area (TPSA) is 325 Å². The van der Waals surface area contributed by atoms with E-state index in [9.17, 15) is 43.8 Å². The van der Waals surface area contributed by atoms with Gasteiger partial charge in [0, 0.05) is 43.8 Å². The number of aliphatic carboxylic acids is 2. The Morgan fingerprint density at radius 3 is 0.944 bits per heavy atom. The number of likely N-dealkylation sites (tertiary alicyclic amines) is 3. The molecule has 6 heterocycles. The van der Waals surface area contributed by atoms with Gasteiger partial charge in [0.05, 0.1) is 39.0 Å². The minimum absolute atomic E-state index is 0.00916. The molecule has 33 heteroatoms. The van der Waals surface area contributed by atoms with Crippen LogP contribution in [0.3, 0.4) is 0 Å². The van der Waals surface area contributed by atoms with E-state index in [4.69, 9.17) is 61.7 Å². The van der Waals surface area contributed by atoms with Gasteiger partial charge < -0.3 is 91.5 Å². The molecule has 29 nitrogen and oxygen atoms in total. The number of carbonyl (C=O) groups is 7. The molecule has 0 spiro atoms. The van der Waals surface area contributed by atoms with Crippen LogP contribution in [0.4, 0.5) is 14.4 Å². The molecule has 1 saturated carbocycles. The van der Waals surface area contributed by atoms with Crippen LogP contribution < -0.4 is 0 Å². The van der Waals surface area contributed by atoms with Gasteiger partial charge in [-0.2, -0.15) is 0 Å². The van der Waals surface area contributed by atoms with Gasteiger partial charge in [0.1, 0.15) is 46.6 Å². The van der Waals surface area contributed by atoms with Gasteiger partial charge in [0.25, 0.3) is 0 Å². The van der Waals surface area contributed by atoms with Crippen molar-refractivity contribution in [3.8, 4) is 0 Å². The molecule has 125 heavy (non-hydrogen) atoms. The fourth-order valence-electron chi connectivity index (χ4n) is 17.2. The van der Waals surface area contributed by atoms with Crippen molar-refractivity contribution in [1.82, 2.24) is 34.3 Å². The predicted octanol–water partition coefficient (Wildman–Crippen LogP) is 15.1. The molecule has 7 fully saturated rings. The summed E-state index contributed by atoms with van der Waals surface area (Å²) in [4.78, 5) is 104. The number of ether oxygens (including phenoxy) is 5. The number of rotatable bonds is 32. The third-order valence-electron chi connectivity index (χ3n) is 26.9. The number of hydrogen-bond donors (Lipinski definition) is 4. The van der Waals surface area contributed by atoms with Crippen LogP contribution >= 0.6 is 0 Å². The van der Waals surface area contributed by atoms with Gasteiger partial charge in [-0.05, 0) is 302 Å². The lowest BCUT2D eigenvalue weighted by Crippen LogP contribution is -2.55. The number of carboxylic acids is 2. The molecule has 3 amide bonds. The highest BCUT2D eigenvalue weighted by atomic mass is 16.7. The molecule has 0 unspecified atom stereocenters. The maximum Gasteiger partial charge on any atom is 0.457 e. The first-order chi connectivity index (χ1) is 57.5. The van der Waals surface area contributed by atoms with Crippen molar-refractivity contribution in [3.05, 3.63) is 71.8 Å². The Kier molecular flexibility index (Phi) is 37.7. The number of likely N-dealkylation sites (N-methyl/N-ethyl adjacent to an activating group) is 3. The molecule has 0 bridgehead atoms. The Bertz CT molecular complexity index is 3600. The van der Waals surface area contributed by atoms with Gasteiger partial charge in [-0.3, -0.25) is 19.5 Å². The number of benzene rings is 2. The Balaban J connectivity index is 0.000000265. The van der Waals surface area contributed by atoms with Crippen molar-refractivity contribution in [2.75, 3.05) is 76.0 Å². The second kappa shape index (κ2) is 43.8. The Morgan fingerprint density at radius 1 is 0.400 bits per heavy atom. The monoisotopic (exact) mass is 1760 g/mol. The van der Waals surface area contributed by atoms with E-state index in [1.54, 1.807) is 30.6 Å². The summed E-state index contributed by atoms with van der Waals surface area (Å²) in [5.74, 6) is -2.44. The molecular formula is C92H159B4N7O22. The fourth-order valence-corrected chi connectivity index (χ4v) is 17.2. The van der Waals surface area contributed by atoms with Gasteiger partial charge in [-0.15, -0.1) is 0 Å². The van der Waals surface area contributed by atoms with E-state index in [1.165, 1.54) is 4.90 Å². The van der Waals surface area contributed by atoms with Crippen molar-refractivity contribution in [1.29, 1.82) is 0 Å². The van der Waals surface area contributed by atoms with Crippen molar-refractivity contribution >= 4 is 70.6 Å². The van der Waals surface area contributed by atoms with Crippen LogP contribution in [0.15, 0.2) is 60.7 Å². The summed E-state index contributed by atoms with van der Waals surface area (Å²) in [6.07, 6.45) is 12.4. The molecule has 6 aliphatic heterocycles. The van der Waals surface area contributed by atoms with E-state index in [0.717, 1.165) is 49.7 Å². The van der Waals surface area contributed by atoms with Crippen molar-refractivity contribution < 1.29 is 105 Å². The lowest BCUT2D eigenvalue weighted by molar-refractivity contribution is -0.159. The number of unbranched alkanes of at least 4 members (excludes halogenated alkanes) is 4. The number of nitrogens with zero attached hydrogens (tertiary/aromatic N) is 7. The third kappa shape index (κ3) is 29.5. The lowest BCUT2D eigenvalue weighted by Gasteiger charge is -2.37. The van der Waals surface area contributed by atoms with E-state index in [1.807, 2.05) is 247 Å². The molecular weight excluding hydrogens is 1600 g/mol. The summed E-state index contributed by atoms with van der Waals surface area (Å²) < 4.78 is 65.6. The molecule has 7 aliphatic rings. The minimum atomic E-state index is -1.27. The van der Waals surface area contributed by atoms with Crippen LogP contribution in [0, 0.1) is 5.41 Å². The quantitative estimate of drug-likeness (QED) is 0.0229. The average molecular weight is 1760 g/mol. The first kappa shape index (κ1) is 108. The van der Waals surface area contributed by atoms with E-state index >= 15 is 0 Å². The molecule has 2 aromatic carbocycles. The summed E-state index contributed by atoms with van der Waals surface area (Å²) >= 11 is 0. The first-order valence-corrected chi connectivity index (χ1v) is 45.5. The normalized spacial score (nSPS) is 25.8. The number of amides is 3. The van der Waals surface area contributed by atoms with Crippen molar-refractivity contribution in [2.45, 2.75) is 391 Å². The molecule has 6 saturated heterocycles. The second-order valence-corrected chi connectivity index (χ2v) is 42.7. The molecule has 9 rings (SSSR count). The maximum absolute atomic E-state index is 13.9. The second-order valence-electron chi connectivity index (χ2n) is 42.7. The largest absolute Gasteiger partial charge is 0.481 e. The van der Waals surface area contributed by atoms with Crippen LogP contribution in [0.1, 0.15) is 272 Å². The highest BCUT2D eigenvalue weighted by Gasteiger charge is 2.60. The maximum atomic E-state index is 13.9. The highest BCUT2D eigenvalue weighted by molar-refractivity contribution is 6.46. The smallest absolute Gasteiger partial charge is 0.457 e. The van der Waals surface area contributed by atoms with E-state index in [-0.39, 0.29) is 98.2 Å². The number of hydrogen-bond acceptors (Lipinski definition) is 24. The van der Waals surface area contributed by atoms with Crippen LogP contribution in [0.5, 0.6) is 0 Å².